The molecule has 0 aromatic heterocycles. The molecule has 5 atom stereocenters. The van der Waals surface area contributed by atoms with Gasteiger partial charge in [0.1, 0.15) is 0 Å². The molecule has 0 radical (unpaired) electrons. The van der Waals surface area contributed by atoms with Gasteiger partial charge in [0.2, 0.25) is 0 Å². The molecule has 3 heteroatoms. The summed E-state index contributed by atoms with van der Waals surface area (Å²) in [6.45, 7) is 8.14. The van der Waals surface area contributed by atoms with Gasteiger partial charge in [0.15, 0.2) is 0 Å². The van der Waals surface area contributed by atoms with Gasteiger partial charge < -0.3 is 10.6 Å². The lowest BCUT2D eigenvalue weighted by Gasteiger charge is -2.36. The number of nitrogens with zero attached hydrogens (tertiary/aromatic N) is 2. The van der Waals surface area contributed by atoms with Crippen LogP contribution < -0.4 is 5.73 Å². The van der Waals surface area contributed by atoms with Crippen molar-refractivity contribution >= 4 is 0 Å². The molecule has 2 N–H and O–H groups in total. The van der Waals surface area contributed by atoms with Crippen molar-refractivity contribution in [3.05, 3.63) is 0 Å². The largest absolute Gasteiger partial charge is 0.327 e. The molecule has 2 bridgehead atoms. The average Bonchev–Trinajstić information content (AvgIpc) is 2.87. The fraction of sp³-hybridized carbons (Fsp3) is 1.00. The van der Waals surface area contributed by atoms with Gasteiger partial charge in [-0.25, -0.2) is 0 Å². The van der Waals surface area contributed by atoms with Gasteiger partial charge in [-0.3, -0.25) is 4.90 Å². The first-order valence-electron chi connectivity index (χ1n) is 7.67. The van der Waals surface area contributed by atoms with Crippen molar-refractivity contribution in [3.63, 3.8) is 0 Å². The highest BCUT2D eigenvalue weighted by Gasteiger charge is 2.46. The van der Waals surface area contributed by atoms with E-state index in [0.717, 1.165) is 30.8 Å². The smallest absolute Gasteiger partial charge is 0.0194 e. The van der Waals surface area contributed by atoms with Crippen LogP contribution in [-0.4, -0.2) is 55.6 Å². The Bertz CT molecular complexity index is 264. The minimum atomic E-state index is 0.476. The molecule has 0 aromatic rings. The summed E-state index contributed by atoms with van der Waals surface area (Å²) in [6, 6.07) is 1.11. The molecule has 0 spiro atoms. The normalized spacial score (nSPS) is 36.8. The Labute approximate surface area is 113 Å². The van der Waals surface area contributed by atoms with Crippen LogP contribution in [0, 0.1) is 17.8 Å². The van der Waals surface area contributed by atoms with Crippen LogP contribution in [0.2, 0.25) is 0 Å². The van der Waals surface area contributed by atoms with E-state index in [9.17, 15) is 0 Å². The Morgan fingerprint density at radius 2 is 1.89 bits per heavy atom. The van der Waals surface area contributed by atoms with E-state index in [1.807, 2.05) is 0 Å². The van der Waals surface area contributed by atoms with Crippen LogP contribution in [0.25, 0.3) is 0 Å². The van der Waals surface area contributed by atoms with Crippen LogP contribution in [0.15, 0.2) is 0 Å². The molecule has 5 unspecified atom stereocenters. The SMILES string of the molecule is CCN(CC1C2CCC(C2)C1N)C(C)CN(C)C. The monoisotopic (exact) mass is 253 g/mol. The molecule has 0 heterocycles. The number of rotatable bonds is 6. The van der Waals surface area contributed by atoms with Crippen molar-refractivity contribution < 1.29 is 0 Å². The standard InChI is InChI=1S/C15H31N3/c1-5-18(11(2)9-17(3)4)10-14-12-6-7-13(8-12)15(14)16/h11-15H,5-10,16H2,1-4H3. The Kier molecular flexibility index (Phi) is 4.68. The molecule has 2 rings (SSSR count). The molecular formula is C15H31N3. The van der Waals surface area contributed by atoms with Gasteiger partial charge in [-0.2, -0.15) is 0 Å². The second kappa shape index (κ2) is 5.89. The Balaban J connectivity index is 1.90. The highest BCUT2D eigenvalue weighted by molar-refractivity contribution is 5.00. The lowest BCUT2D eigenvalue weighted by molar-refractivity contribution is 0.127. The summed E-state index contributed by atoms with van der Waals surface area (Å²) in [5.74, 6) is 2.52. The zero-order chi connectivity index (χ0) is 13.3. The predicted molar refractivity (Wildman–Crippen MR) is 77.6 cm³/mol. The number of fused-ring (bicyclic) bond motifs is 2. The Hall–Kier alpha value is -0.120. The number of hydrogen-bond donors (Lipinski definition) is 1. The molecule has 0 aromatic carbocycles. The van der Waals surface area contributed by atoms with Gasteiger partial charge in [0.05, 0.1) is 0 Å². The first-order valence-corrected chi connectivity index (χ1v) is 7.67. The van der Waals surface area contributed by atoms with Gasteiger partial charge in [0, 0.05) is 25.2 Å². The van der Waals surface area contributed by atoms with Crippen molar-refractivity contribution in [1.82, 2.24) is 9.80 Å². The summed E-state index contributed by atoms with van der Waals surface area (Å²) in [5.41, 5.74) is 6.43. The first kappa shape index (κ1) is 14.3. The molecule has 106 valence electrons. The zero-order valence-corrected chi connectivity index (χ0v) is 12.6. The molecule has 2 fully saturated rings. The van der Waals surface area contributed by atoms with E-state index in [2.05, 4.69) is 37.7 Å². The molecule has 0 saturated heterocycles. The van der Waals surface area contributed by atoms with Gasteiger partial charge in [-0.1, -0.05) is 6.92 Å². The number of hydrogen-bond acceptors (Lipinski definition) is 3. The van der Waals surface area contributed by atoms with Crippen LogP contribution in [0.5, 0.6) is 0 Å². The summed E-state index contributed by atoms with van der Waals surface area (Å²) in [5, 5.41) is 0. The van der Waals surface area contributed by atoms with E-state index in [-0.39, 0.29) is 0 Å². The fourth-order valence-corrected chi connectivity index (χ4v) is 4.26. The summed E-state index contributed by atoms with van der Waals surface area (Å²) in [4.78, 5) is 4.92. The van der Waals surface area contributed by atoms with Gasteiger partial charge in [-0.15, -0.1) is 0 Å². The Morgan fingerprint density at radius 1 is 1.22 bits per heavy atom. The second-order valence-corrected chi connectivity index (χ2v) is 6.77. The van der Waals surface area contributed by atoms with E-state index in [1.165, 1.54) is 25.8 Å². The van der Waals surface area contributed by atoms with Crippen LogP contribution in [0.4, 0.5) is 0 Å². The third-order valence-electron chi connectivity index (χ3n) is 5.26. The van der Waals surface area contributed by atoms with Gasteiger partial charge >= 0.3 is 0 Å². The highest BCUT2D eigenvalue weighted by Crippen LogP contribution is 2.47. The minimum absolute atomic E-state index is 0.476. The molecular weight excluding hydrogens is 222 g/mol. The fourth-order valence-electron chi connectivity index (χ4n) is 4.26. The van der Waals surface area contributed by atoms with Crippen LogP contribution in [-0.2, 0) is 0 Å². The molecule has 0 aliphatic heterocycles. The predicted octanol–water partition coefficient (Wildman–Crippen LogP) is 1.63. The topological polar surface area (TPSA) is 32.5 Å². The molecule has 0 amide bonds. The lowest BCUT2D eigenvalue weighted by atomic mass is 9.84. The van der Waals surface area contributed by atoms with Crippen molar-refractivity contribution in [3.8, 4) is 0 Å². The van der Waals surface area contributed by atoms with E-state index in [1.54, 1.807) is 0 Å². The van der Waals surface area contributed by atoms with Crippen molar-refractivity contribution in [2.45, 2.75) is 45.2 Å². The van der Waals surface area contributed by atoms with E-state index in [4.69, 9.17) is 5.73 Å². The third-order valence-corrected chi connectivity index (χ3v) is 5.26. The van der Waals surface area contributed by atoms with Gasteiger partial charge in [-0.05, 0) is 64.6 Å². The summed E-state index contributed by atoms with van der Waals surface area (Å²) in [7, 11) is 4.32. The molecule has 2 aliphatic carbocycles. The lowest BCUT2D eigenvalue weighted by Crippen LogP contribution is -2.47. The quantitative estimate of drug-likeness (QED) is 0.781. The van der Waals surface area contributed by atoms with Crippen LogP contribution in [0.1, 0.15) is 33.1 Å². The summed E-state index contributed by atoms with van der Waals surface area (Å²) in [6.07, 6.45) is 4.23. The molecule has 18 heavy (non-hydrogen) atoms. The van der Waals surface area contributed by atoms with Gasteiger partial charge in [0.25, 0.3) is 0 Å². The maximum Gasteiger partial charge on any atom is 0.0194 e. The van der Waals surface area contributed by atoms with E-state index in [0.29, 0.717) is 12.1 Å². The summed E-state index contributed by atoms with van der Waals surface area (Å²) < 4.78 is 0. The maximum absolute atomic E-state index is 6.43. The van der Waals surface area contributed by atoms with E-state index < -0.39 is 0 Å². The molecule has 2 saturated carbocycles. The maximum atomic E-state index is 6.43. The summed E-state index contributed by atoms with van der Waals surface area (Å²) >= 11 is 0. The number of likely N-dealkylation sites (N-methyl/N-ethyl adjacent to an activating group) is 2. The number of nitrogens with two attached hydrogens (primary N) is 1. The molecule has 2 aliphatic rings. The Morgan fingerprint density at radius 3 is 2.39 bits per heavy atom. The van der Waals surface area contributed by atoms with Crippen LogP contribution >= 0.6 is 0 Å². The minimum Gasteiger partial charge on any atom is -0.327 e. The second-order valence-electron chi connectivity index (χ2n) is 6.77. The van der Waals surface area contributed by atoms with Crippen molar-refractivity contribution in [1.29, 1.82) is 0 Å². The van der Waals surface area contributed by atoms with E-state index >= 15 is 0 Å². The highest BCUT2D eigenvalue weighted by atomic mass is 15.2. The first-order chi connectivity index (χ1) is 8.52. The third kappa shape index (κ3) is 2.89. The van der Waals surface area contributed by atoms with Crippen molar-refractivity contribution in [2.75, 3.05) is 33.7 Å². The zero-order valence-electron chi connectivity index (χ0n) is 12.6. The van der Waals surface area contributed by atoms with Crippen molar-refractivity contribution in [2.24, 2.45) is 23.5 Å². The van der Waals surface area contributed by atoms with Crippen LogP contribution in [0.3, 0.4) is 0 Å². The average molecular weight is 253 g/mol. The molecule has 3 nitrogen and oxygen atoms in total.